The lowest BCUT2D eigenvalue weighted by Gasteiger charge is -2.10. The molecule has 2 rings (SSSR count). The predicted octanol–water partition coefficient (Wildman–Crippen LogP) is 3.35. The molecule has 3 heteroatoms. The van der Waals surface area contributed by atoms with Gasteiger partial charge in [-0.2, -0.15) is 5.10 Å². The van der Waals surface area contributed by atoms with Crippen molar-refractivity contribution in [1.29, 1.82) is 0 Å². The zero-order chi connectivity index (χ0) is 14.7. The molecule has 0 amide bonds. The first-order valence-electron chi connectivity index (χ1n) is 7.28. The van der Waals surface area contributed by atoms with Crippen LogP contribution in [0.5, 0.6) is 0 Å². The normalized spacial score (nSPS) is 11.3. The highest BCUT2D eigenvalue weighted by Gasteiger charge is 2.08. The van der Waals surface area contributed by atoms with Gasteiger partial charge in [0.15, 0.2) is 0 Å². The van der Waals surface area contributed by atoms with E-state index < -0.39 is 0 Å². The van der Waals surface area contributed by atoms with Gasteiger partial charge >= 0.3 is 0 Å². The maximum absolute atomic E-state index is 4.54. The number of nitrogens with one attached hydrogen (secondary N) is 1. The van der Waals surface area contributed by atoms with Crippen LogP contribution < -0.4 is 5.32 Å². The van der Waals surface area contributed by atoms with Crippen molar-refractivity contribution in [3.8, 4) is 0 Å². The van der Waals surface area contributed by atoms with Gasteiger partial charge in [0.2, 0.25) is 0 Å². The van der Waals surface area contributed by atoms with Crippen LogP contribution >= 0.6 is 0 Å². The Morgan fingerprint density at radius 3 is 2.60 bits per heavy atom. The fourth-order valence-electron chi connectivity index (χ4n) is 2.26. The summed E-state index contributed by atoms with van der Waals surface area (Å²) in [5, 5.41) is 7.98. The summed E-state index contributed by atoms with van der Waals surface area (Å²) in [7, 11) is 0. The highest BCUT2D eigenvalue weighted by Crippen LogP contribution is 2.15. The lowest BCUT2D eigenvalue weighted by molar-refractivity contribution is 0.585. The van der Waals surface area contributed by atoms with Gasteiger partial charge in [0.25, 0.3) is 0 Å². The number of rotatable bonds is 5. The first-order chi connectivity index (χ1) is 9.47. The molecule has 2 aromatic rings. The fourth-order valence-corrected chi connectivity index (χ4v) is 2.26. The third-order valence-corrected chi connectivity index (χ3v) is 3.73. The molecule has 0 saturated heterocycles. The summed E-state index contributed by atoms with van der Waals surface area (Å²) in [4.78, 5) is 0. The maximum Gasteiger partial charge on any atom is 0.0665 e. The molecule has 0 aliphatic heterocycles. The number of hydrogen-bond acceptors (Lipinski definition) is 2. The van der Waals surface area contributed by atoms with E-state index in [4.69, 9.17) is 0 Å². The number of aryl methyl sites for hydroxylation is 2. The Morgan fingerprint density at radius 2 is 1.90 bits per heavy atom. The van der Waals surface area contributed by atoms with Gasteiger partial charge in [0.05, 0.1) is 12.7 Å². The summed E-state index contributed by atoms with van der Waals surface area (Å²) in [5.74, 6) is 0. The topological polar surface area (TPSA) is 29.9 Å². The molecular formula is C17H25N3. The minimum Gasteiger partial charge on any atom is -0.310 e. The highest BCUT2D eigenvalue weighted by atomic mass is 15.3. The van der Waals surface area contributed by atoms with Crippen molar-refractivity contribution in [2.75, 3.05) is 0 Å². The average molecular weight is 271 g/mol. The van der Waals surface area contributed by atoms with Crippen LogP contribution in [-0.2, 0) is 13.1 Å². The van der Waals surface area contributed by atoms with E-state index in [9.17, 15) is 0 Å². The minimum absolute atomic E-state index is 0.497. The predicted molar refractivity (Wildman–Crippen MR) is 84.0 cm³/mol. The van der Waals surface area contributed by atoms with Crippen LogP contribution in [0.3, 0.4) is 0 Å². The molecule has 0 spiro atoms. The molecule has 1 aromatic heterocycles. The van der Waals surface area contributed by atoms with Crippen molar-refractivity contribution >= 4 is 0 Å². The van der Waals surface area contributed by atoms with Gasteiger partial charge in [0.1, 0.15) is 0 Å². The van der Waals surface area contributed by atoms with Crippen LogP contribution in [0.2, 0.25) is 0 Å². The summed E-state index contributed by atoms with van der Waals surface area (Å²) in [6.45, 7) is 12.5. The van der Waals surface area contributed by atoms with Crippen LogP contribution in [-0.4, -0.2) is 15.8 Å². The standard InChI is InChI=1S/C17H25N3/c1-12(2)18-9-17-10-19-20(15(17)5)11-16-8-13(3)6-7-14(16)4/h6-8,10,12,18H,9,11H2,1-5H3. The second-order valence-corrected chi connectivity index (χ2v) is 5.88. The Morgan fingerprint density at radius 1 is 1.15 bits per heavy atom. The van der Waals surface area contributed by atoms with Crippen LogP contribution in [0.4, 0.5) is 0 Å². The molecule has 0 aliphatic rings. The van der Waals surface area contributed by atoms with Crippen molar-refractivity contribution in [3.05, 3.63) is 52.3 Å². The van der Waals surface area contributed by atoms with Gasteiger partial charge in [-0.15, -0.1) is 0 Å². The van der Waals surface area contributed by atoms with E-state index >= 15 is 0 Å². The number of aromatic nitrogens is 2. The largest absolute Gasteiger partial charge is 0.310 e. The monoisotopic (exact) mass is 271 g/mol. The van der Waals surface area contributed by atoms with E-state index in [0.717, 1.165) is 13.1 Å². The fraction of sp³-hybridized carbons (Fsp3) is 0.471. The molecule has 0 fully saturated rings. The van der Waals surface area contributed by atoms with Gasteiger partial charge in [-0.3, -0.25) is 4.68 Å². The Kier molecular flexibility index (Phi) is 4.61. The van der Waals surface area contributed by atoms with Crippen molar-refractivity contribution in [2.45, 2.75) is 53.8 Å². The SMILES string of the molecule is Cc1ccc(C)c(Cn2ncc(CNC(C)C)c2C)c1. The molecule has 0 atom stereocenters. The van der Waals surface area contributed by atoms with E-state index in [0.29, 0.717) is 6.04 Å². The van der Waals surface area contributed by atoms with Crippen molar-refractivity contribution in [3.63, 3.8) is 0 Å². The summed E-state index contributed by atoms with van der Waals surface area (Å²) >= 11 is 0. The molecule has 108 valence electrons. The smallest absolute Gasteiger partial charge is 0.0665 e. The Bertz CT molecular complexity index is 582. The minimum atomic E-state index is 0.497. The van der Waals surface area contributed by atoms with Crippen LogP contribution in [0, 0.1) is 20.8 Å². The average Bonchev–Trinajstić information content (AvgIpc) is 2.73. The van der Waals surface area contributed by atoms with Crippen LogP contribution in [0.15, 0.2) is 24.4 Å². The van der Waals surface area contributed by atoms with E-state index in [-0.39, 0.29) is 0 Å². The molecule has 20 heavy (non-hydrogen) atoms. The van der Waals surface area contributed by atoms with E-state index in [1.54, 1.807) is 0 Å². The number of hydrogen-bond donors (Lipinski definition) is 1. The second-order valence-electron chi connectivity index (χ2n) is 5.88. The molecule has 0 aliphatic carbocycles. The molecule has 1 aromatic carbocycles. The Hall–Kier alpha value is -1.61. The zero-order valence-electron chi connectivity index (χ0n) is 13.2. The molecule has 0 bridgehead atoms. The first kappa shape index (κ1) is 14.8. The molecule has 0 unspecified atom stereocenters. The van der Waals surface area contributed by atoms with Crippen molar-refractivity contribution in [2.24, 2.45) is 0 Å². The van der Waals surface area contributed by atoms with Gasteiger partial charge in [-0.05, 0) is 31.9 Å². The molecule has 0 saturated carbocycles. The van der Waals surface area contributed by atoms with Gasteiger partial charge in [0, 0.05) is 23.8 Å². The highest BCUT2D eigenvalue weighted by molar-refractivity contribution is 5.31. The summed E-state index contributed by atoms with van der Waals surface area (Å²) < 4.78 is 2.10. The van der Waals surface area contributed by atoms with Gasteiger partial charge in [-0.25, -0.2) is 0 Å². The Balaban J connectivity index is 2.16. The van der Waals surface area contributed by atoms with E-state index in [1.807, 2.05) is 6.20 Å². The van der Waals surface area contributed by atoms with E-state index in [1.165, 1.54) is 27.9 Å². The third kappa shape index (κ3) is 3.48. The number of benzene rings is 1. The molecule has 0 radical (unpaired) electrons. The third-order valence-electron chi connectivity index (χ3n) is 3.73. The number of nitrogens with zero attached hydrogens (tertiary/aromatic N) is 2. The summed E-state index contributed by atoms with van der Waals surface area (Å²) in [6.07, 6.45) is 1.98. The quantitative estimate of drug-likeness (QED) is 0.903. The van der Waals surface area contributed by atoms with E-state index in [2.05, 4.69) is 67.9 Å². The molecule has 1 N–H and O–H groups in total. The Labute approximate surface area is 122 Å². The molecule has 3 nitrogen and oxygen atoms in total. The summed E-state index contributed by atoms with van der Waals surface area (Å²) in [5.41, 5.74) is 6.51. The van der Waals surface area contributed by atoms with Crippen LogP contribution in [0.25, 0.3) is 0 Å². The lowest BCUT2D eigenvalue weighted by atomic mass is 10.1. The van der Waals surface area contributed by atoms with Gasteiger partial charge in [-0.1, -0.05) is 37.6 Å². The first-order valence-corrected chi connectivity index (χ1v) is 7.28. The summed E-state index contributed by atoms with van der Waals surface area (Å²) in [6, 6.07) is 7.09. The van der Waals surface area contributed by atoms with Crippen molar-refractivity contribution in [1.82, 2.24) is 15.1 Å². The zero-order valence-corrected chi connectivity index (χ0v) is 13.2. The molecule has 1 heterocycles. The van der Waals surface area contributed by atoms with Crippen molar-refractivity contribution < 1.29 is 0 Å². The van der Waals surface area contributed by atoms with Crippen LogP contribution in [0.1, 0.15) is 41.8 Å². The maximum atomic E-state index is 4.54. The van der Waals surface area contributed by atoms with Gasteiger partial charge < -0.3 is 5.32 Å². The molecular weight excluding hydrogens is 246 g/mol. The second kappa shape index (κ2) is 6.23. The lowest BCUT2D eigenvalue weighted by Crippen LogP contribution is -2.22.